The van der Waals surface area contributed by atoms with E-state index in [4.69, 9.17) is 5.11 Å². The van der Waals surface area contributed by atoms with E-state index in [1.54, 1.807) is 17.8 Å². The highest BCUT2D eigenvalue weighted by molar-refractivity contribution is 7.98. The summed E-state index contributed by atoms with van der Waals surface area (Å²) in [4.78, 5) is 15.9. The van der Waals surface area contributed by atoms with Crippen LogP contribution >= 0.6 is 11.8 Å². The Morgan fingerprint density at radius 1 is 1.33 bits per heavy atom. The van der Waals surface area contributed by atoms with E-state index in [1.165, 1.54) is 12.3 Å². The summed E-state index contributed by atoms with van der Waals surface area (Å²) >= 11 is 1.66. The molecule has 0 atom stereocenters. The van der Waals surface area contributed by atoms with Gasteiger partial charge >= 0.3 is 5.97 Å². The van der Waals surface area contributed by atoms with Crippen molar-refractivity contribution in [3.05, 3.63) is 48.2 Å². The molecule has 0 aliphatic heterocycles. The Hall–Kier alpha value is -2.01. The normalized spacial score (nSPS) is 10.1. The van der Waals surface area contributed by atoms with E-state index in [-0.39, 0.29) is 5.56 Å². The summed E-state index contributed by atoms with van der Waals surface area (Å²) in [7, 11) is 0. The molecular formula is C13H12N2O2S. The number of rotatable bonds is 4. The van der Waals surface area contributed by atoms with E-state index < -0.39 is 5.97 Å². The van der Waals surface area contributed by atoms with Crippen LogP contribution < -0.4 is 5.32 Å². The zero-order chi connectivity index (χ0) is 13.0. The SMILES string of the molecule is CSc1cccc(Nc2ccc(C(=O)O)cn2)c1. The molecule has 2 aromatic rings. The largest absolute Gasteiger partial charge is 0.478 e. The fraction of sp³-hybridized carbons (Fsp3) is 0.0769. The Morgan fingerprint density at radius 3 is 2.78 bits per heavy atom. The van der Waals surface area contributed by atoms with E-state index in [0.29, 0.717) is 5.82 Å². The highest BCUT2D eigenvalue weighted by atomic mass is 32.2. The van der Waals surface area contributed by atoms with Gasteiger partial charge in [0, 0.05) is 16.8 Å². The van der Waals surface area contributed by atoms with Crippen LogP contribution in [0.3, 0.4) is 0 Å². The van der Waals surface area contributed by atoms with Gasteiger partial charge in [0.15, 0.2) is 0 Å². The lowest BCUT2D eigenvalue weighted by atomic mass is 10.3. The molecule has 0 fully saturated rings. The topological polar surface area (TPSA) is 62.2 Å². The summed E-state index contributed by atoms with van der Waals surface area (Å²) in [6, 6.07) is 11.1. The molecule has 0 unspecified atom stereocenters. The lowest BCUT2D eigenvalue weighted by Gasteiger charge is -2.06. The molecular weight excluding hydrogens is 248 g/mol. The van der Waals surface area contributed by atoms with Gasteiger partial charge in [0.05, 0.1) is 5.56 Å². The van der Waals surface area contributed by atoms with Gasteiger partial charge in [0.25, 0.3) is 0 Å². The van der Waals surface area contributed by atoms with Crippen LogP contribution in [0.15, 0.2) is 47.5 Å². The van der Waals surface area contributed by atoms with Crippen LogP contribution in [0, 0.1) is 0 Å². The van der Waals surface area contributed by atoms with Crippen molar-refractivity contribution < 1.29 is 9.90 Å². The Labute approximate surface area is 109 Å². The number of pyridine rings is 1. The van der Waals surface area contributed by atoms with Crippen molar-refractivity contribution in [1.82, 2.24) is 4.98 Å². The third-order valence-corrected chi connectivity index (χ3v) is 3.08. The van der Waals surface area contributed by atoms with Crippen molar-refractivity contribution in [1.29, 1.82) is 0 Å². The predicted octanol–water partition coefficient (Wildman–Crippen LogP) is 3.25. The van der Waals surface area contributed by atoms with Crippen LogP contribution in [0.4, 0.5) is 11.5 Å². The van der Waals surface area contributed by atoms with Gasteiger partial charge in [-0.3, -0.25) is 0 Å². The van der Waals surface area contributed by atoms with Crippen LogP contribution in [-0.2, 0) is 0 Å². The molecule has 92 valence electrons. The standard InChI is InChI=1S/C13H12N2O2S/c1-18-11-4-2-3-10(7-11)15-12-6-5-9(8-14-12)13(16)17/h2-8H,1H3,(H,14,15)(H,16,17). The number of nitrogens with one attached hydrogen (secondary N) is 1. The Balaban J connectivity index is 2.15. The molecule has 0 bridgehead atoms. The summed E-state index contributed by atoms with van der Waals surface area (Å²) in [5, 5.41) is 11.9. The zero-order valence-electron chi connectivity index (χ0n) is 9.75. The minimum absolute atomic E-state index is 0.179. The molecule has 2 rings (SSSR count). The number of nitrogens with zero attached hydrogens (tertiary/aromatic N) is 1. The molecule has 0 saturated carbocycles. The van der Waals surface area contributed by atoms with Crippen molar-refractivity contribution in [3.8, 4) is 0 Å². The van der Waals surface area contributed by atoms with Gasteiger partial charge in [0.2, 0.25) is 0 Å². The van der Waals surface area contributed by atoms with E-state index in [0.717, 1.165) is 10.6 Å². The number of carboxylic acid groups (broad SMARTS) is 1. The lowest BCUT2D eigenvalue weighted by Crippen LogP contribution is -1.99. The zero-order valence-corrected chi connectivity index (χ0v) is 10.6. The van der Waals surface area contributed by atoms with Gasteiger partial charge in [-0.15, -0.1) is 11.8 Å². The summed E-state index contributed by atoms with van der Waals surface area (Å²) in [5.41, 5.74) is 1.11. The second-order valence-electron chi connectivity index (χ2n) is 3.59. The number of anilines is 2. The monoisotopic (exact) mass is 260 g/mol. The molecule has 0 aliphatic rings. The predicted molar refractivity (Wildman–Crippen MR) is 72.7 cm³/mol. The van der Waals surface area contributed by atoms with E-state index in [1.807, 2.05) is 30.5 Å². The fourth-order valence-corrected chi connectivity index (χ4v) is 1.90. The molecule has 0 spiro atoms. The molecule has 0 amide bonds. The van der Waals surface area contributed by atoms with Gasteiger partial charge in [-0.2, -0.15) is 0 Å². The average Bonchev–Trinajstić information content (AvgIpc) is 2.39. The maximum absolute atomic E-state index is 10.7. The molecule has 1 aromatic carbocycles. The number of aromatic carboxylic acids is 1. The molecule has 5 heteroatoms. The van der Waals surface area contributed by atoms with Crippen molar-refractivity contribution in [3.63, 3.8) is 0 Å². The van der Waals surface area contributed by atoms with Crippen LogP contribution in [0.1, 0.15) is 10.4 Å². The average molecular weight is 260 g/mol. The van der Waals surface area contributed by atoms with Gasteiger partial charge in [-0.25, -0.2) is 9.78 Å². The first-order valence-corrected chi connectivity index (χ1v) is 6.52. The Morgan fingerprint density at radius 2 is 2.17 bits per heavy atom. The van der Waals surface area contributed by atoms with Crippen molar-refractivity contribution >= 4 is 29.2 Å². The molecule has 0 radical (unpaired) electrons. The second-order valence-corrected chi connectivity index (χ2v) is 4.47. The number of carbonyl (C=O) groups is 1. The van der Waals surface area contributed by atoms with Crippen molar-refractivity contribution in [2.45, 2.75) is 4.90 Å². The number of hydrogen-bond acceptors (Lipinski definition) is 4. The molecule has 0 saturated heterocycles. The molecule has 1 aromatic heterocycles. The number of carboxylic acids is 1. The van der Waals surface area contributed by atoms with Crippen molar-refractivity contribution in [2.24, 2.45) is 0 Å². The molecule has 4 nitrogen and oxygen atoms in total. The minimum Gasteiger partial charge on any atom is -0.478 e. The van der Waals surface area contributed by atoms with E-state index >= 15 is 0 Å². The lowest BCUT2D eigenvalue weighted by molar-refractivity contribution is 0.0696. The van der Waals surface area contributed by atoms with Crippen LogP contribution in [0.25, 0.3) is 0 Å². The summed E-state index contributed by atoms with van der Waals surface area (Å²) < 4.78 is 0. The smallest absolute Gasteiger partial charge is 0.337 e. The van der Waals surface area contributed by atoms with Gasteiger partial charge in [-0.1, -0.05) is 6.07 Å². The van der Waals surface area contributed by atoms with Gasteiger partial charge < -0.3 is 10.4 Å². The van der Waals surface area contributed by atoms with Gasteiger partial charge in [-0.05, 0) is 36.6 Å². The maximum Gasteiger partial charge on any atom is 0.337 e. The third kappa shape index (κ3) is 3.01. The highest BCUT2D eigenvalue weighted by Crippen LogP contribution is 2.21. The summed E-state index contributed by atoms with van der Waals surface area (Å²) in [6.07, 6.45) is 3.35. The Kier molecular flexibility index (Phi) is 3.84. The summed E-state index contributed by atoms with van der Waals surface area (Å²) in [6.45, 7) is 0. The first kappa shape index (κ1) is 12.4. The first-order valence-electron chi connectivity index (χ1n) is 5.29. The number of hydrogen-bond donors (Lipinski definition) is 2. The fourth-order valence-electron chi connectivity index (χ4n) is 1.44. The number of thioether (sulfide) groups is 1. The van der Waals surface area contributed by atoms with E-state index in [9.17, 15) is 4.79 Å². The third-order valence-electron chi connectivity index (χ3n) is 2.35. The highest BCUT2D eigenvalue weighted by Gasteiger charge is 2.03. The first-order chi connectivity index (χ1) is 8.69. The minimum atomic E-state index is -0.974. The van der Waals surface area contributed by atoms with Crippen LogP contribution in [0.2, 0.25) is 0 Å². The second kappa shape index (κ2) is 5.55. The van der Waals surface area contributed by atoms with Gasteiger partial charge in [0.1, 0.15) is 5.82 Å². The summed E-state index contributed by atoms with van der Waals surface area (Å²) in [5.74, 6) is -0.350. The van der Waals surface area contributed by atoms with Crippen LogP contribution in [0.5, 0.6) is 0 Å². The molecule has 2 N–H and O–H groups in total. The molecule has 1 heterocycles. The quantitative estimate of drug-likeness (QED) is 0.826. The van der Waals surface area contributed by atoms with Crippen molar-refractivity contribution in [2.75, 3.05) is 11.6 Å². The number of aromatic nitrogens is 1. The van der Waals surface area contributed by atoms with Crippen LogP contribution in [-0.4, -0.2) is 22.3 Å². The molecule has 18 heavy (non-hydrogen) atoms. The maximum atomic E-state index is 10.7. The van der Waals surface area contributed by atoms with E-state index in [2.05, 4.69) is 10.3 Å². The Bertz CT molecular complexity index is 555. The molecule has 0 aliphatic carbocycles. The number of benzene rings is 1.